The molecular weight excluding hydrogens is 395 g/mol. The lowest BCUT2D eigenvalue weighted by molar-refractivity contribution is 0.264. The van der Waals surface area contributed by atoms with Crippen molar-refractivity contribution in [3.8, 4) is 0 Å². The second-order valence-electron chi connectivity index (χ2n) is 6.11. The van der Waals surface area contributed by atoms with Crippen LogP contribution in [-0.4, -0.2) is 21.4 Å². The van der Waals surface area contributed by atoms with Gasteiger partial charge in [0, 0.05) is 0 Å². The maximum Gasteiger partial charge on any atom is 0.194 e. The molecule has 0 aromatic heterocycles. The summed E-state index contributed by atoms with van der Waals surface area (Å²) in [6, 6.07) is 15.5. The second kappa shape index (κ2) is 5.99. The molecule has 2 aliphatic heterocycles. The quantitative estimate of drug-likeness (QED) is 0.729. The summed E-state index contributed by atoms with van der Waals surface area (Å²) in [7, 11) is 0. The zero-order valence-electron chi connectivity index (χ0n) is 13.2. The van der Waals surface area contributed by atoms with Crippen molar-refractivity contribution in [2.45, 2.75) is 18.6 Å². The number of thiocarbonyl (C=S) groups is 2. The first-order valence-electron chi connectivity index (χ1n) is 7.64. The van der Waals surface area contributed by atoms with E-state index in [0.29, 0.717) is 20.3 Å². The van der Waals surface area contributed by atoms with E-state index in [1.807, 2.05) is 52.5 Å². The molecule has 0 spiro atoms. The Morgan fingerprint density at radius 2 is 1.72 bits per heavy atom. The third-order valence-corrected chi connectivity index (χ3v) is 5.87. The lowest BCUT2D eigenvalue weighted by Gasteiger charge is -2.31. The first kappa shape index (κ1) is 16.8. The molecule has 0 amide bonds. The van der Waals surface area contributed by atoms with Gasteiger partial charge in [-0.2, -0.15) is 0 Å². The van der Waals surface area contributed by atoms with E-state index in [2.05, 4.69) is 17.6 Å². The highest BCUT2D eigenvalue weighted by Crippen LogP contribution is 2.39. The summed E-state index contributed by atoms with van der Waals surface area (Å²) < 4.78 is 0. The van der Waals surface area contributed by atoms with Crippen molar-refractivity contribution in [2.75, 3.05) is 5.01 Å². The molecule has 0 unspecified atom stereocenters. The summed E-state index contributed by atoms with van der Waals surface area (Å²) in [5.74, 6) is 0. The van der Waals surface area contributed by atoms with Crippen LogP contribution in [0, 0.1) is 0 Å². The highest BCUT2D eigenvalue weighted by atomic mass is 35.5. The second-order valence-corrected chi connectivity index (χ2v) is 7.69. The summed E-state index contributed by atoms with van der Waals surface area (Å²) in [5.41, 5.74) is 1.41. The first-order chi connectivity index (χ1) is 11.9. The van der Waals surface area contributed by atoms with Crippen molar-refractivity contribution in [3.05, 3.63) is 64.1 Å². The van der Waals surface area contributed by atoms with Crippen LogP contribution >= 0.6 is 47.6 Å². The molecule has 2 aromatic rings. The Morgan fingerprint density at radius 1 is 1.00 bits per heavy atom. The molecular formula is C17H14Cl2N4S2. The average Bonchev–Trinajstić information content (AvgIpc) is 3.06. The number of anilines is 1. The van der Waals surface area contributed by atoms with Gasteiger partial charge in [-0.1, -0.05) is 47.5 Å². The first-order valence-corrected chi connectivity index (χ1v) is 9.21. The van der Waals surface area contributed by atoms with Crippen molar-refractivity contribution in [1.29, 1.82) is 0 Å². The van der Waals surface area contributed by atoms with Crippen LogP contribution in [0.25, 0.3) is 0 Å². The normalized spacial score (nSPS) is 25.0. The predicted octanol–water partition coefficient (Wildman–Crippen LogP) is 4.03. The Labute approximate surface area is 166 Å². The molecule has 2 fully saturated rings. The molecule has 0 bridgehead atoms. The van der Waals surface area contributed by atoms with Crippen LogP contribution in [0.4, 0.5) is 5.69 Å². The van der Waals surface area contributed by atoms with E-state index in [1.54, 1.807) is 6.07 Å². The molecule has 2 saturated heterocycles. The fraction of sp³-hybridized carbons (Fsp3) is 0.176. The standard InChI is InChI=1S/C17H14Cl2N4S2/c1-17(10-7-8-12(18)13(19)9-10)14-20-15(24)22(23(14)16(25)21-17)11-5-3-2-4-6-11/h2-9,14H,1H3,(H,20,24)(H,21,25)/t14-,17+/m0/s1. The number of hydrogen-bond donors (Lipinski definition) is 2. The monoisotopic (exact) mass is 408 g/mol. The molecule has 0 aliphatic carbocycles. The van der Waals surface area contributed by atoms with Gasteiger partial charge in [0.25, 0.3) is 0 Å². The molecule has 25 heavy (non-hydrogen) atoms. The van der Waals surface area contributed by atoms with Crippen LogP contribution in [0.3, 0.4) is 0 Å². The lowest BCUT2D eigenvalue weighted by Crippen LogP contribution is -2.49. The van der Waals surface area contributed by atoms with Crippen LogP contribution in [0.15, 0.2) is 48.5 Å². The van der Waals surface area contributed by atoms with Crippen molar-refractivity contribution < 1.29 is 0 Å². The number of nitrogens with one attached hydrogen (secondary N) is 2. The number of para-hydroxylation sites is 1. The summed E-state index contributed by atoms with van der Waals surface area (Å²) in [6.07, 6.45) is -0.176. The van der Waals surface area contributed by atoms with Crippen molar-refractivity contribution in [3.63, 3.8) is 0 Å². The molecule has 2 aliphatic rings. The topological polar surface area (TPSA) is 30.5 Å². The molecule has 2 N–H and O–H groups in total. The van der Waals surface area contributed by atoms with Gasteiger partial charge in [0.15, 0.2) is 16.4 Å². The number of halogens is 2. The van der Waals surface area contributed by atoms with Gasteiger partial charge in [-0.05, 0) is 61.2 Å². The third kappa shape index (κ3) is 2.56. The zero-order chi connectivity index (χ0) is 17.8. The van der Waals surface area contributed by atoms with Gasteiger partial charge in [-0.25, -0.2) is 10.0 Å². The fourth-order valence-electron chi connectivity index (χ4n) is 3.26. The van der Waals surface area contributed by atoms with Crippen LogP contribution < -0.4 is 15.6 Å². The Morgan fingerprint density at radius 3 is 2.40 bits per heavy atom. The Balaban J connectivity index is 1.77. The van der Waals surface area contributed by atoms with E-state index in [9.17, 15) is 0 Å². The molecule has 2 aromatic carbocycles. The maximum atomic E-state index is 6.22. The minimum atomic E-state index is -0.515. The third-order valence-electron chi connectivity index (χ3n) is 4.55. The zero-order valence-corrected chi connectivity index (χ0v) is 16.3. The van der Waals surface area contributed by atoms with Gasteiger partial charge < -0.3 is 10.6 Å². The van der Waals surface area contributed by atoms with E-state index >= 15 is 0 Å². The number of hydrogen-bond acceptors (Lipinski definition) is 2. The SMILES string of the molecule is C[C@]1(c2ccc(Cl)c(Cl)c2)NC(=S)N2[C@@H]1NC(=S)N2c1ccccc1. The largest absolute Gasteiger partial charge is 0.348 e. The van der Waals surface area contributed by atoms with Gasteiger partial charge in [0.05, 0.1) is 15.7 Å². The van der Waals surface area contributed by atoms with Crippen LogP contribution in [0.5, 0.6) is 0 Å². The number of hydrazine groups is 1. The van der Waals surface area contributed by atoms with E-state index in [0.717, 1.165) is 11.3 Å². The summed E-state index contributed by atoms with van der Waals surface area (Å²) in [6.45, 7) is 2.06. The molecule has 4 rings (SSSR count). The Hall–Kier alpha value is -1.60. The van der Waals surface area contributed by atoms with Gasteiger partial charge in [0.2, 0.25) is 0 Å². The minimum absolute atomic E-state index is 0.176. The fourth-order valence-corrected chi connectivity index (χ4v) is 4.26. The molecule has 2 atom stereocenters. The lowest BCUT2D eigenvalue weighted by atomic mass is 9.90. The molecule has 8 heteroatoms. The van der Waals surface area contributed by atoms with E-state index in [4.69, 9.17) is 47.6 Å². The smallest absolute Gasteiger partial charge is 0.194 e. The van der Waals surface area contributed by atoms with Gasteiger partial charge in [-0.15, -0.1) is 0 Å². The van der Waals surface area contributed by atoms with Crippen molar-refractivity contribution >= 4 is 63.5 Å². The molecule has 0 saturated carbocycles. The number of benzene rings is 2. The highest BCUT2D eigenvalue weighted by molar-refractivity contribution is 7.81. The molecule has 128 valence electrons. The molecule has 2 heterocycles. The number of rotatable bonds is 2. The predicted molar refractivity (Wildman–Crippen MR) is 110 cm³/mol. The van der Waals surface area contributed by atoms with Gasteiger partial charge >= 0.3 is 0 Å². The summed E-state index contributed by atoms with van der Waals surface area (Å²) >= 11 is 23.5. The maximum absolute atomic E-state index is 6.22. The van der Waals surface area contributed by atoms with Crippen LogP contribution in [-0.2, 0) is 5.54 Å². The van der Waals surface area contributed by atoms with Crippen LogP contribution in [0.2, 0.25) is 10.0 Å². The molecule has 4 nitrogen and oxygen atoms in total. The van der Waals surface area contributed by atoms with Crippen molar-refractivity contribution in [1.82, 2.24) is 15.6 Å². The summed E-state index contributed by atoms with van der Waals surface area (Å²) in [5, 5.41) is 12.9. The van der Waals surface area contributed by atoms with E-state index in [-0.39, 0.29) is 6.17 Å². The summed E-state index contributed by atoms with van der Waals surface area (Å²) in [4.78, 5) is 0. The van der Waals surface area contributed by atoms with Crippen molar-refractivity contribution in [2.24, 2.45) is 0 Å². The average molecular weight is 409 g/mol. The van der Waals surface area contributed by atoms with Crippen LogP contribution in [0.1, 0.15) is 12.5 Å². The van der Waals surface area contributed by atoms with Gasteiger partial charge in [0.1, 0.15) is 5.54 Å². The highest BCUT2D eigenvalue weighted by Gasteiger charge is 2.55. The Kier molecular flexibility index (Phi) is 4.03. The van der Waals surface area contributed by atoms with Gasteiger partial charge in [-0.3, -0.25) is 0 Å². The number of nitrogens with zero attached hydrogens (tertiary/aromatic N) is 2. The van der Waals surface area contributed by atoms with E-state index < -0.39 is 5.54 Å². The van der Waals surface area contributed by atoms with E-state index in [1.165, 1.54) is 0 Å². The number of fused-ring (bicyclic) bond motifs is 1. The Bertz CT molecular complexity index is 876. The minimum Gasteiger partial charge on any atom is -0.348 e. The molecule has 0 radical (unpaired) electrons.